The number of aromatic nitrogens is 3. The largest absolute Gasteiger partial charge is 0.466 e. The van der Waals surface area contributed by atoms with Crippen molar-refractivity contribution in [3.8, 4) is 17.1 Å². The van der Waals surface area contributed by atoms with E-state index in [1.807, 2.05) is 0 Å². The normalized spacial score (nSPS) is 11.2. The summed E-state index contributed by atoms with van der Waals surface area (Å²) >= 11 is 0. The van der Waals surface area contributed by atoms with Crippen LogP contribution in [0.25, 0.3) is 17.1 Å². The van der Waals surface area contributed by atoms with Crippen LogP contribution in [0.1, 0.15) is 16.2 Å². The third-order valence-electron chi connectivity index (χ3n) is 3.79. The van der Waals surface area contributed by atoms with Gasteiger partial charge in [0.15, 0.2) is 12.4 Å². The van der Waals surface area contributed by atoms with E-state index in [0.717, 1.165) is 23.9 Å². The maximum absolute atomic E-state index is 13.1. The van der Waals surface area contributed by atoms with Gasteiger partial charge in [-0.1, -0.05) is 36.4 Å². The first kappa shape index (κ1) is 20.1. The molecule has 1 aromatic heterocycles. The van der Waals surface area contributed by atoms with Crippen molar-refractivity contribution in [3.05, 3.63) is 66.0 Å². The number of nitrogens with zero attached hydrogens (tertiary/aromatic N) is 3. The quantitative estimate of drug-likeness (QED) is 0.606. The monoisotopic (exact) mass is 405 g/mol. The van der Waals surface area contributed by atoms with Crippen molar-refractivity contribution in [1.82, 2.24) is 14.8 Å². The molecule has 0 radical (unpaired) electrons. The van der Waals surface area contributed by atoms with Gasteiger partial charge < -0.3 is 9.47 Å². The number of ether oxygens (including phenoxy) is 2. The Morgan fingerprint density at radius 2 is 1.79 bits per heavy atom. The molecule has 3 aromatic rings. The van der Waals surface area contributed by atoms with Gasteiger partial charge >= 0.3 is 18.1 Å². The highest BCUT2D eigenvalue weighted by Crippen LogP contribution is 2.31. The molecule has 0 saturated heterocycles. The highest BCUT2D eigenvalue weighted by Gasteiger charge is 2.31. The van der Waals surface area contributed by atoms with Crippen molar-refractivity contribution in [2.45, 2.75) is 6.18 Å². The lowest BCUT2D eigenvalue weighted by Gasteiger charge is -2.10. The van der Waals surface area contributed by atoms with E-state index in [9.17, 15) is 22.8 Å². The van der Waals surface area contributed by atoms with Crippen molar-refractivity contribution in [2.24, 2.45) is 0 Å². The Morgan fingerprint density at radius 1 is 1.07 bits per heavy atom. The molecule has 0 aliphatic rings. The van der Waals surface area contributed by atoms with Gasteiger partial charge in [-0.2, -0.15) is 13.2 Å². The molecule has 2 aromatic carbocycles. The SMILES string of the molecule is COC(=O)COC(=O)c1nc(-c2ccccc2)n(-c2cccc(C(F)(F)F)c2)n1. The van der Waals surface area contributed by atoms with Crippen LogP contribution in [-0.2, 0) is 20.4 Å². The van der Waals surface area contributed by atoms with E-state index in [4.69, 9.17) is 4.74 Å². The maximum Gasteiger partial charge on any atom is 0.416 e. The summed E-state index contributed by atoms with van der Waals surface area (Å²) in [4.78, 5) is 27.4. The van der Waals surface area contributed by atoms with E-state index < -0.39 is 36.1 Å². The van der Waals surface area contributed by atoms with Crippen LogP contribution in [0.4, 0.5) is 13.2 Å². The number of hydrogen-bond donors (Lipinski definition) is 0. The second-order valence-electron chi connectivity index (χ2n) is 5.74. The van der Waals surface area contributed by atoms with Gasteiger partial charge in [0.25, 0.3) is 5.82 Å². The van der Waals surface area contributed by atoms with Crippen LogP contribution in [0.2, 0.25) is 0 Å². The second-order valence-corrected chi connectivity index (χ2v) is 5.74. The summed E-state index contributed by atoms with van der Waals surface area (Å²) < 4.78 is 49.5. The molecule has 0 aliphatic heterocycles. The molecule has 3 rings (SSSR count). The predicted molar refractivity (Wildman–Crippen MR) is 94.1 cm³/mol. The summed E-state index contributed by atoms with van der Waals surface area (Å²) in [7, 11) is 1.13. The Balaban J connectivity index is 2.05. The maximum atomic E-state index is 13.1. The predicted octanol–water partition coefficient (Wildman–Crippen LogP) is 3.28. The second kappa shape index (κ2) is 8.13. The van der Waals surface area contributed by atoms with Crippen molar-refractivity contribution < 1.29 is 32.2 Å². The molecule has 0 bridgehead atoms. The van der Waals surface area contributed by atoms with E-state index in [2.05, 4.69) is 14.8 Å². The number of methoxy groups -OCH3 is 1. The molecule has 10 heteroatoms. The first-order valence-corrected chi connectivity index (χ1v) is 8.23. The highest BCUT2D eigenvalue weighted by atomic mass is 19.4. The van der Waals surface area contributed by atoms with Crippen molar-refractivity contribution >= 4 is 11.9 Å². The Kier molecular flexibility index (Phi) is 5.62. The Hall–Kier alpha value is -3.69. The minimum Gasteiger partial charge on any atom is -0.466 e. The molecule has 0 N–H and O–H groups in total. The molecular weight excluding hydrogens is 391 g/mol. The number of hydrogen-bond acceptors (Lipinski definition) is 6. The standard InChI is InChI=1S/C19H14F3N3O4/c1-28-15(26)11-29-18(27)16-23-17(12-6-3-2-4-7-12)25(24-16)14-9-5-8-13(10-14)19(20,21)22/h2-10H,11H2,1H3. The fraction of sp³-hybridized carbons (Fsp3) is 0.158. The zero-order valence-corrected chi connectivity index (χ0v) is 15.0. The molecular formula is C19H14F3N3O4. The van der Waals surface area contributed by atoms with Gasteiger partial charge in [0.05, 0.1) is 18.4 Å². The smallest absolute Gasteiger partial charge is 0.416 e. The zero-order valence-electron chi connectivity index (χ0n) is 15.0. The van der Waals surface area contributed by atoms with E-state index in [0.29, 0.717) is 5.56 Å². The molecule has 1 heterocycles. The molecule has 0 unspecified atom stereocenters. The number of halogens is 3. The van der Waals surface area contributed by atoms with Crippen LogP contribution in [0.3, 0.4) is 0 Å². The van der Waals surface area contributed by atoms with Gasteiger partial charge in [0.1, 0.15) is 0 Å². The number of benzene rings is 2. The van der Waals surface area contributed by atoms with Crippen LogP contribution < -0.4 is 0 Å². The molecule has 0 atom stereocenters. The summed E-state index contributed by atoms with van der Waals surface area (Å²) in [5.41, 5.74) is -0.304. The molecule has 7 nitrogen and oxygen atoms in total. The minimum atomic E-state index is -4.55. The summed E-state index contributed by atoms with van der Waals surface area (Å²) in [5.74, 6) is -2.07. The van der Waals surface area contributed by atoms with Gasteiger partial charge in [-0.25, -0.2) is 19.3 Å². The summed E-state index contributed by atoms with van der Waals surface area (Å²) in [6.45, 7) is -0.645. The fourth-order valence-electron chi connectivity index (χ4n) is 2.41. The molecule has 150 valence electrons. The van der Waals surface area contributed by atoms with Crippen LogP contribution in [0, 0.1) is 0 Å². The lowest BCUT2D eigenvalue weighted by atomic mass is 10.2. The van der Waals surface area contributed by atoms with E-state index in [-0.39, 0.29) is 11.5 Å². The molecule has 0 amide bonds. The molecule has 0 aliphatic carbocycles. The van der Waals surface area contributed by atoms with Crippen LogP contribution in [-0.4, -0.2) is 40.4 Å². The molecule has 0 saturated carbocycles. The van der Waals surface area contributed by atoms with Crippen molar-refractivity contribution in [1.29, 1.82) is 0 Å². The Morgan fingerprint density at radius 3 is 2.45 bits per heavy atom. The lowest BCUT2D eigenvalue weighted by molar-refractivity contribution is -0.144. The highest BCUT2D eigenvalue weighted by molar-refractivity contribution is 5.87. The third-order valence-corrected chi connectivity index (χ3v) is 3.79. The Labute approximate surface area is 162 Å². The number of carbonyl (C=O) groups excluding carboxylic acids is 2. The number of carbonyl (C=O) groups is 2. The third kappa shape index (κ3) is 4.60. The first-order chi connectivity index (χ1) is 13.8. The van der Waals surface area contributed by atoms with Gasteiger partial charge in [0.2, 0.25) is 0 Å². The van der Waals surface area contributed by atoms with Gasteiger partial charge in [-0.3, -0.25) is 0 Å². The number of rotatable bonds is 5. The van der Waals surface area contributed by atoms with Gasteiger partial charge in [-0.15, -0.1) is 5.10 Å². The van der Waals surface area contributed by atoms with Crippen LogP contribution >= 0.6 is 0 Å². The number of alkyl halides is 3. The topological polar surface area (TPSA) is 83.3 Å². The Bertz CT molecular complexity index is 1030. The molecule has 0 spiro atoms. The average molecular weight is 405 g/mol. The lowest BCUT2D eigenvalue weighted by Crippen LogP contribution is -2.16. The van der Waals surface area contributed by atoms with Crippen molar-refractivity contribution in [3.63, 3.8) is 0 Å². The zero-order chi connectivity index (χ0) is 21.0. The van der Waals surface area contributed by atoms with Crippen LogP contribution in [0.15, 0.2) is 54.6 Å². The van der Waals surface area contributed by atoms with Crippen LogP contribution in [0.5, 0.6) is 0 Å². The number of esters is 2. The summed E-state index contributed by atoms with van der Waals surface area (Å²) in [6, 6.07) is 12.9. The van der Waals surface area contributed by atoms with Gasteiger partial charge in [-0.05, 0) is 18.2 Å². The van der Waals surface area contributed by atoms with Crippen molar-refractivity contribution in [2.75, 3.05) is 13.7 Å². The van der Waals surface area contributed by atoms with Gasteiger partial charge in [0, 0.05) is 5.56 Å². The van der Waals surface area contributed by atoms with E-state index in [1.54, 1.807) is 30.3 Å². The summed E-state index contributed by atoms with van der Waals surface area (Å²) in [6.07, 6.45) is -4.55. The average Bonchev–Trinajstić information content (AvgIpc) is 3.17. The molecule has 29 heavy (non-hydrogen) atoms. The first-order valence-electron chi connectivity index (χ1n) is 8.23. The van der Waals surface area contributed by atoms with E-state index in [1.165, 1.54) is 12.1 Å². The fourth-order valence-corrected chi connectivity index (χ4v) is 2.41. The molecule has 0 fully saturated rings. The van der Waals surface area contributed by atoms with E-state index >= 15 is 0 Å². The summed E-state index contributed by atoms with van der Waals surface area (Å²) in [5, 5.41) is 4.00. The minimum absolute atomic E-state index is 0.0539.